The molecule has 1 atom stereocenters. The number of aliphatic hydroxyl groups is 1. The summed E-state index contributed by atoms with van der Waals surface area (Å²) in [7, 11) is 4.68. The van der Waals surface area contributed by atoms with Crippen LogP contribution in [0.3, 0.4) is 0 Å². The van der Waals surface area contributed by atoms with Crippen LogP contribution in [0.5, 0.6) is 23.0 Å². The molecule has 1 fully saturated rings. The summed E-state index contributed by atoms with van der Waals surface area (Å²) >= 11 is 0. The Morgan fingerprint density at radius 3 is 2.13 bits per heavy atom. The molecule has 1 heterocycles. The van der Waals surface area contributed by atoms with Gasteiger partial charge in [0, 0.05) is 50.5 Å². The Bertz CT molecular complexity index is 796. The number of hydrogen-bond donors (Lipinski definition) is 1. The van der Waals surface area contributed by atoms with Gasteiger partial charge >= 0.3 is 0 Å². The van der Waals surface area contributed by atoms with Crippen LogP contribution in [0.2, 0.25) is 0 Å². The third-order valence-electron chi connectivity index (χ3n) is 5.38. The van der Waals surface area contributed by atoms with Crippen molar-refractivity contribution in [2.24, 2.45) is 0 Å². The van der Waals surface area contributed by atoms with Gasteiger partial charge in [-0.2, -0.15) is 0 Å². The summed E-state index contributed by atoms with van der Waals surface area (Å²) < 4.78 is 21.8. The molecule has 7 nitrogen and oxygen atoms in total. The molecular weight excluding hydrogens is 384 g/mol. The third-order valence-corrected chi connectivity index (χ3v) is 5.38. The summed E-state index contributed by atoms with van der Waals surface area (Å²) in [4.78, 5) is 4.68. The highest BCUT2D eigenvalue weighted by Crippen LogP contribution is 2.40. The first-order valence-electron chi connectivity index (χ1n) is 10.2. The molecule has 164 valence electrons. The zero-order valence-corrected chi connectivity index (χ0v) is 18.3. The molecule has 0 aromatic heterocycles. The lowest BCUT2D eigenvalue weighted by molar-refractivity contribution is 0.0661. The maximum Gasteiger partial charge on any atom is 0.203 e. The molecule has 3 rings (SSSR count). The molecule has 7 heteroatoms. The molecular formula is C23H32N2O5. The van der Waals surface area contributed by atoms with Crippen molar-refractivity contribution in [3.63, 3.8) is 0 Å². The van der Waals surface area contributed by atoms with Gasteiger partial charge in [-0.25, -0.2) is 0 Å². The molecule has 30 heavy (non-hydrogen) atoms. The molecule has 1 aliphatic rings. The highest BCUT2D eigenvalue weighted by molar-refractivity contribution is 5.56. The first kappa shape index (κ1) is 22.1. The predicted octanol–water partition coefficient (Wildman–Crippen LogP) is 2.58. The minimum absolute atomic E-state index is 0.191. The summed E-state index contributed by atoms with van der Waals surface area (Å²) in [5.41, 5.74) is 2.59. The fraction of sp³-hybridized carbons (Fsp3) is 0.478. The molecule has 0 aliphatic carbocycles. The SMILES string of the molecule is COc1cc(OC[C@@H](O)CN2CCN(c3ccccc3C)CC2)cc(OC)c1OC. The number of nitrogens with zero attached hydrogens (tertiary/aromatic N) is 2. The second kappa shape index (κ2) is 10.4. The fourth-order valence-electron chi connectivity index (χ4n) is 3.77. The van der Waals surface area contributed by atoms with E-state index in [0.29, 0.717) is 29.5 Å². The van der Waals surface area contributed by atoms with Crippen LogP contribution in [0.15, 0.2) is 36.4 Å². The monoisotopic (exact) mass is 416 g/mol. The van der Waals surface area contributed by atoms with Crippen molar-refractivity contribution in [1.29, 1.82) is 0 Å². The van der Waals surface area contributed by atoms with Crippen molar-refractivity contribution < 1.29 is 24.1 Å². The Balaban J connectivity index is 1.50. The van der Waals surface area contributed by atoms with Gasteiger partial charge in [0.15, 0.2) is 11.5 Å². The smallest absolute Gasteiger partial charge is 0.203 e. The van der Waals surface area contributed by atoms with Crippen LogP contribution >= 0.6 is 0 Å². The number of benzene rings is 2. The van der Waals surface area contributed by atoms with E-state index < -0.39 is 6.10 Å². The van der Waals surface area contributed by atoms with Gasteiger partial charge in [0.05, 0.1) is 21.3 Å². The summed E-state index contributed by atoms with van der Waals surface area (Å²) in [6.07, 6.45) is -0.589. The standard InChI is InChI=1S/C23H32N2O5/c1-17-7-5-6-8-20(17)25-11-9-24(10-12-25)15-18(26)16-30-19-13-21(27-2)23(29-4)22(14-19)28-3/h5-8,13-14,18,26H,9-12,15-16H2,1-4H3/t18-/m0/s1. The van der Waals surface area contributed by atoms with Crippen LogP contribution in [0.4, 0.5) is 5.69 Å². The van der Waals surface area contributed by atoms with Gasteiger partial charge in [0.1, 0.15) is 18.5 Å². The van der Waals surface area contributed by atoms with E-state index in [1.54, 1.807) is 33.5 Å². The van der Waals surface area contributed by atoms with Gasteiger partial charge in [0.25, 0.3) is 0 Å². The van der Waals surface area contributed by atoms with E-state index in [9.17, 15) is 5.11 Å². The second-order valence-electron chi connectivity index (χ2n) is 7.40. The molecule has 1 saturated heterocycles. The van der Waals surface area contributed by atoms with E-state index >= 15 is 0 Å². The number of rotatable bonds is 9. The molecule has 0 bridgehead atoms. The van der Waals surface area contributed by atoms with Crippen molar-refractivity contribution >= 4 is 5.69 Å². The van der Waals surface area contributed by atoms with Crippen LogP contribution in [-0.2, 0) is 0 Å². The van der Waals surface area contributed by atoms with Crippen molar-refractivity contribution in [2.45, 2.75) is 13.0 Å². The van der Waals surface area contributed by atoms with Gasteiger partial charge in [-0.15, -0.1) is 0 Å². The quantitative estimate of drug-likeness (QED) is 0.674. The normalized spacial score (nSPS) is 15.6. The summed E-state index contributed by atoms with van der Waals surface area (Å²) in [5.74, 6) is 2.12. The van der Waals surface area contributed by atoms with Crippen LogP contribution < -0.4 is 23.8 Å². The Kier molecular flexibility index (Phi) is 7.65. The minimum Gasteiger partial charge on any atom is -0.493 e. The number of piperazine rings is 1. The molecule has 0 amide bonds. The van der Waals surface area contributed by atoms with Gasteiger partial charge in [-0.3, -0.25) is 4.90 Å². The number of aliphatic hydroxyl groups excluding tert-OH is 1. The lowest BCUT2D eigenvalue weighted by atomic mass is 10.1. The maximum atomic E-state index is 10.5. The second-order valence-corrected chi connectivity index (χ2v) is 7.40. The van der Waals surface area contributed by atoms with Crippen LogP contribution in [0.25, 0.3) is 0 Å². The zero-order chi connectivity index (χ0) is 21.5. The number of para-hydroxylation sites is 1. The Labute approximate surface area is 178 Å². The lowest BCUT2D eigenvalue weighted by Crippen LogP contribution is -2.49. The predicted molar refractivity (Wildman–Crippen MR) is 117 cm³/mol. The lowest BCUT2D eigenvalue weighted by Gasteiger charge is -2.37. The van der Waals surface area contributed by atoms with Gasteiger partial charge in [-0.05, 0) is 18.6 Å². The van der Waals surface area contributed by atoms with E-state index in [2.05, 4.69) is 41.0 Å². The molecule has 0 saturated carbocycles. The van der Waals surface area contributed by atoms with Crippen molar-refractivity contribution in [1.82, 2.24) is 4.90 Å². The largest absolute Gasteiger partial charge is 0.493 e. The fourth-order valence-corrected chi connectivity index (χ4v) is 3.77. The highest BCUT2D eigenvalue weighted by Gasteiger charge is 2.21. The molecule has 0 unspecified atom stereocenters. The van der Waals surface area contributed by atoms with E-state index in [0.717, 1.165) is 26.2 Å². The topological polar surface area (TPSA) is 63.6 Å². The van der Waals surface area contributed by atoms with Crippen LogP contribution in [0, 0.1) is 6.92 Å². The number of β-amino-alcohol motifs (C(OH)–C–C–N with tert-alkyl or cyclic N) is 1. The minimum atomic E-state index is -0.589. The molecule has 0 spiro atoms. The Morgan fingerprint density at radius 1 is 0.933 bits per heavy atom. The van der Waals surface area contributed by atoms with Crippen molar-refractivity contribution in [3.05, 3.63) is 42.0 Å². The van der Waals surface area contributed by atoms with E-state index in [-0.39, 0.29) is 6.61 Å². The number of anilines is 1. The average molecular weight is 417 g/mol. The van der Waals surface area contributed by atoms with E-state index in [4.69, 9.17) is 18.9 Å². The summed E-state index contributed by atoms with van der Waals surface area (Å²) in [6.45, 7) is 6.64. The molecule has 0 radical (unpaired) electrons. The average Bonchev–Trinajstić information content (AvgIpc) is 2.77. The van der Waals surface area contributed by atoms with Crippen molar-refractivity contribution in [2.75, 3.05) is 65.6 Å². The van der Waals surface area contributed by atoms with Crippen LogP contribution in [-0.4, -0.2) is 76.8 Å². The summed E-state index contributed by atoms with van der Waals surface area (Å²) in [5, 5.41) is 10.5. The van der Waals surface area contributed by atoms with Gasteiger partial charge in [-0.1, -0.05) is 18.2 Å². The Hall–Kier alpha value is -2.64. The molecule has 1 aliphatic heterocycles. The first-order valence-corrected chi connectivity index (χ1v) is 10.2. The van der Waals surface area contributed by atoms with E-state index in [1.165, 1.54) is 11.3 Å². The molecule has 1 N–H and O–H groups in total. The maximum absolute atomic E-state index is 10.5. The molecule has 2 aromatic carbocycles. The van der Waals surface area contributed by atoms with E-state index in [1.807, 2.05) is 0 Å². The number of aryl methyl sites for hydroxylation is 1. The van der Waals surface area contributed by atoms with Gasteiger partial charge in [0.2, 0.25) is 5.75 Å². The molecule has 2 aromatic rings. The Morgan fingerprint density at radius 2 is 1.57 bits per heavy atom. The number of methoxy groups -OCH3 is 3. The summed E-state index contributed by atoms with van der Waals surface area (Å²) in [6, 6.07) is 11.9. The zero-order valence-electron chi connectivity index (χ0n) is 18.3. The number of ether oxygens (including phenoxy) is 4. The highest BCUT2D eigenvalue weighted by atomic mass is 16.5. The first-order chi connectivity index (χ1) is 14.5. The van der Waals surface area contributed by atoms with Crippen LogP contribution in [0.1, 0.15) is 5.56 Å². The number of hydrogen-bond acceptors (Lipinski definition) is 7. The third kappa shape index (κ3) is 5.29. The van der Waals surface area contributed by atoms with Crippen molar-refractivity contribution in [3.8, 4) is 23.0 Å². The van der Waals surface area contributed by atoms with Gasteiger partial charge < -0.3 is 29.0 Å².